The predicted molar refractivity (Wildman–Crippen MR) is 58.6 cm³/mol. The molecule has 76 valence electrons. The van der Waals surface area contributed by atoms with E-state index in [0.717, 1.165) is 4.90 Å². The summed E-state index contributed by atoms with van der Waals surface area (Å²) < 4.78 is 4.51. The number of nitrogens with two attached hydrogens (primary N) is 1. The van der Waals surface area contributed by atoms with Crippen molar-refractivity contribution in [3.8, 4) is 0 Å². The number of methoxy groups -OCH3 is 1. The average Bonchev–Trinajstić information content (AvgIpc) is 2.16. The second kappa shape index (κ2) is 5.12. The lowest BCUT2D eigenvalue weighted by molar-refractivity contribution is -0.137. The third-order valence-corrected chi connectivity index (χ3v) is 2.84. The van der Waals surface area contributed by atoms with Gasteiger partial charge < -0.3 is 10.5 Å². The van der Waals surface area contributed by atoms with Crippen LogP contribution in [0.2, 0.25) is 5.02 Å². The van der Waals surface area contributed by atoms with Crippen molar-refractivity contribution in [2.75, 3.05) is 18.6 Å². The molecule has 2 N–H and O–H groups in total. The van der Waals surface area contributed by atoms with Gasteiger partial charge in [0.15, 0.2) is 0 Å². The van der Waals surface area contributed by atoms with E-state index in [9.17, 15) is 4.79 Å². The Morgan fingerprint density at radius 2 is 2.36 bits per heavy atom. The molecule has 0 aliphatic rings. The lowest BCUT2D eigenvalue weighted by Gasteiger charge is -2.04. The topological polar surface area (TPSA) is 52.3 Å². The second-order valence-corrected chi connectivity index (χ2v) is 4.00. The number of carbonyl (C=O) groups is 1. The molecule has 1 aromatic rings. The third-order valence-electron chi connectivity index (χ3n) is 1.55. The summed E-state index contributed by atoms with van der Waals surface area (Å²) in [7, 11) is 1.36. The smallest absolute Gasteiger partial charge is 0.315 e. The first-order valence-electron chi connectivity index (χ1n) is 3.88. The third kappa shape index (κ3) is 3.12. The molecule has 0 saturated heterocycles. The lowest BCUT2D eigenvalue weighted by Crippen LogP contribution is -2.03. The first kappa shape index (κ1) is 11.2. The number of carbonyl (C=O) groups excluding carboxylic acids is 1. The summed E-state index contributed by atoms with van der Waals surface area (Å²) in [4.78, 5) is 11.7. The van der Waals surface area contributed by atoms with Gasteiger partial charge in [0.05, 0.1) is 12.9 Å². The Morgan fingerprint density at radius 3 is 2.93 bits per heavy atom. The highest BCUT2D eigenvalue weighted by Crippen LogP contribution is 2.27. The molecule has 1 aromatic carbocycles. The zero-order valence-corrected chi connectivity index (χ0v) is 9.19. The highest BCUT2D eigenvalue weighted by atomic mass is 35.5. The van der Waals surface area contributed by atoms with E-state index in [4.69, 9.17) is 17.3 Å². The van der Waals surface area contributed by atoms with Gasteiger partial charge in [-0.25, -0.2) is 0 Å². The van der Waals surface area contributed by atoms with E-state index in [-0.39, 0.29) is 11.7 Å². The zero-order valence-electron chi connectivity index (χ0n) is 7.62. The molecule has 0 aliphatic heterocycles. The molecule has 0 fully saturated rings. The molecular weight excluding hydrogens is 222 g/mol. The highest BCUT2D eigenvalue weighted by molar-refractivity contribution is 8.00. The molecule has 0 heterocycles. The van der Waals surface area contributed by atoms with Crippen molar-refractivity contribution in [1.82, 2.24) is 0 Å². The van der Waals surface area contributed by atoms with E-state index in [1.807, 2.05) is 0 Å². The molecule has 3 nitrogen and oxygen atoms in total. The normalized spacial score (nSPS) is 9.86. The number of hydrogen-bond donors (Lipinski definition) is 1. The van der Waals surface area contributed by atoms with E-state index in [1.165, 1.54) is 18.9 Å². The van der Waals surface area contributed by atoms with Gasteiger partial charge in [-0.3, -0.25) is 4.79 Å². The fourth-order valence-corrected chi connectivity index (χ4v) is 1.81. The number of halogens is 1. The Hall–Kier alpha value is -0.870. The van der Waals surface area contributed by atoms with Crippen molar-refractivity contribution in [3.05, 3.63) is 23.2 Å². The van der Waals surface area contributed by atoms with Crippen molar-refractivity contribution in [2.45, 2.75) is 4.90 Å². The minimum absolute atomic E-state index is 0.252. The molecule has 0 unspecified atom stereocenters. The van der Waals surface area contributed by atoms with Crippen LogP contribution in [-0.4, -0.2) is 18.8 Å². The molecule has 0 saturated carbocycles. The standard InChI is InChI=1S/C9H10ClNO2S/c1-13-9(12)5-14-8-3-2-6(10)4-7(8)11/h2-4H,5,11H2,1H3. The first-order chi connectivity index (χ1) is 6.63. The van der Waals surface area contributed by atoms with Crippen LogP contribution in [0, 0.1) is 0 Å². The van der Waals surface area contributed by atoms with Crippen molar-refractivity contribution >= 4 is 35.0 Å². The van der Waals surface area contributed by atoms with Crippen LogP contribution in [-0.2, 0) is 9.53 Å². The van der Waals surface area contributed by atoms with Gasteiger partial charge in [-0.1, -0.05) is 11.6 Å². The molecular formula is C9H10ClNO2S. The van der Waals surface area contributed by atoms with E-state index in [0.29, 0.717) is 10.7 Å². The predicted octanol–water partition coefficient (Wildman–Crippen LogP) is 2.19. The fourth-order valence-electron chi connectivity index (χ4n) is 0.846. The van der Waals surface area contributed by atoms with Crippen molar-refractivity contribution < 1.29 is 9.53 Å². The van der Waals surface area contributed by atoms with Crippen LogP contribution < -0.4 is 5.73 Å². The Morgan fingerprint density at radius 1 is 1.64 bits per heavy atom. The van der Waals surface area contributed by atoms with E-state index in [1.54, 1.807) is 18.2 Å². The van der Waals surface area contributed by atoms with Gasteiger partial charge in [-0.2, -0.15) is 0 Å². The number of thioether (sulfide) groups is 1. The second-order valence-electron chi connectivity index (χ2n) is 2.55. The van der Waals surface area contributed by atoms with Crippen LogP contribution in [0.4, 0.5) is 5.69 Å². The van der Waals surface area contributed by atoms with Crippen LogP contribution in [0.15, 0.2) is 23.1 Å². The van der Waals surface area contributed by atoms with E-state index >= 15 is 0 Å². The minimum atomic E-state index is -0.274. The summed E-state index contributed by atoms with van der Waals surface area (Å²) in [5, 5.41) is 0.588. The van der Waals surface area contributed by atoms with Crippen LogP contribution in [0.3, 0.4) is 0 Å². The van der Waals surface area contributed by atoms with Gasteiger partial charge in [0, 0.05) is 15.6 Å². The SMILES string of the molecule is COC(=O)CSc1ccc(Cl)cc1N. The van der Waals surface area contributed by atoms with Crippen molar-refractivity contribution in [2.24, 2.45) is 0 Å². The van der Waals surface area contributed by atoms with Gasteiger partial charge in [-0.05, 0) is 18.2 Å². The molecule has 0 amide bonds. The summed E-state index contributed by atoms with van der Waals surface area (Å²) in [6.07, 6.45) is 0. The van der Waals surface area contributed by atoms with Gasteiger partial charge >= 0.3 is 5.97 Å². The van der Waals surface area contributed by atoms with Gasteiger partial charge in [0.2, 0.25) is 0 Å². The molecule has 0 bridgehead atoms. The monoisotopic (exact) mass is 231 g/mol. The summed E-state index contributed by atoms with van der Waals surface area (Å²) in [5.74, 6) is -0.0214. The number of anilines is 1. The number of esters is 1. The summed E-state index contributed by atoms with van der Waals surface area (Å²) in [6, 6.07) is 5.17. The van der Waals surface area contributed by atoms with Crippen LogP contribution in [0.25, 0.3) is 0 Å². The molecule has 0 atom stereocenters. The van der Waals surface area contributed by atoms with Crippen molar-refractivity contribution in [1.29, 1.82) is 0 Å². The Kier molecular flexibility index (Phi) is 4.10. The molecule has 14 heavy (non-hydrogen) atoms. The zero-order chi connectivity index (χ0) is 10.6. The van der Waals surface area contributed by atoms with E-state index in [2.05, 4.69) is 4.74 Å². The lowest BCUT2D eigenvalue weighted by atomic mass is 10.3. The number of benzene rings is 1. The molecule has 0 spiro atoms. The molecule has 5 heteroatoms. The maximum Gasteiger partial charge on any atom is 0.315 e. The first-order valence-corrected chi connectivity index (χ1v) is 5.24. The summed E-state index contributed by atoms with van der Waals surface area (Å²) >= 11 is 7.06. The van der Waals surface area contributed by atoms with Crippen LogP contribution >= 0.6 is 23.4 Å². The molecule has 0 radical (unpaired) electrons. The van der Waals surface area contributed by atoms with E-state index < -0.39 is 0 Å². The largest absolute Gasteiger partial charge is 0.468 e. The Labute approximate surface area is 91.6 Å². The maximum atomic E-state index is 10.9. The van der Waals surface area contributed by atoms with Crippen molar-refractivity contribution in [3.63, 3.8) is 0 Å². The van der Waals surface area contributed by atoms with Gasteiger partial charge in [0.1, 0.15) is 0 Å². The average molecular weight is 232 g/mol. The van der Waals surface area contributed by atoms with Crippen LogP contribution in [0.5, 0.6) is 0 Å². The van der Waals surface area contributed by atoms with Gasteiger partial charge in [0.25, 0.3) is 0 Å². The maximum absolute atomic E-state index is 10.9. The molecule has 1 rings (SSSR count). The van der Waals surface area contributed by atoms with Gasteiger partial charge in [-0.15, -0.1) is 11.8 Å². The summed E-state index contributed by atoms with van der Waals surface area (Å²) in [5.41, 5.74) is 6.27. The number of rotatable bonds is 3. The molecule has 0 aliphatic carbocycles. The number of nitrogen functional groups attached to an aromatic ring is 1. The Bertz CT molecular complexity index is 344. The number of hydrogen-bond acceptors (Lipinski definition) is 4. The number of ether oxygens (including phenoxy) is 1. The highest BCUT2D eigenvalue weighted by Gasteiger charge is 2.04. The minimum Gasteiger partial charge on any atom is -0.468 e. The summed E-state index contributed by atoms with van der Waals surface area (Å²) in [6.45, 7) is 0. The quantitative estimate of drug-likeness (QED) is 0.492. The Balaban J connectivity index is 2.63. The fraction of sp³-hybridized carbons (Fsp3) is 0.222. The molecule has 0 aromatic heterocycles. The van der Waals surface area contributed by atoms with Crippen LogP contribution in [0.1, 0.15) is 0 Å².